The molecule has 3 rings (SSSR count). The molecule has 0 aromatic carbocycles. The summed E-state index contributed by atoms with van der Waals surface area (Å²) in [4.78, 5) is 11.5. The largest absolute Gasteiger partial charge is 0.357 e. The maximum absolute atomic E-state index is 5.00. The van der Waals surface area contributed by atoms with Crippen molar-refractivity contribution in [3.8, 4) is 0 Å². The van der Waals surface area contributed by atoms with Crippen LogP contribution in [0, 0.1) is 11.3 Å². The molecule has 0 unspecified atom stereocenters. The van der Waals surface area contributed by atoms with Crippen LogP contribution in [0.5, 0.6) is 0 Å². The molecule has 1 aromatic rings. The molecule has 0 radical (unpaired) electrons. The number of hydrogen-bond donors (Lipinski definition) is 1. The lowest BCUT2D eigenvalue weighted by molar-refractivity contribution is 0.182. The van der Waals surface area contributed by atoms with Crippen LogP contribution in [0.1, 0.15) is 44.9 Å². The lowest BCUT2D eigenvalue weighted by Crippen LogP contribution is -2.41. The Labute approximate surface area is 157 Å². The van der Waals surface area contributed by atoms with E-state index in [9.17, 15) is 0 Å². The van der Waals surface area contributed by atoms with Gasteiger partial charge in [0.15, 0.2) is 5.96 Å². The number of nitrogens with one attached hydrogen (secondary N) is 1. The van der Waals surface area contributed by atoms with E-state index in [1.807, 2.05) is 11.3 Å². The van der Waals surface area contributed by atoms with Gasteiger partial charge in [-0.25, -0.2) is 0 Å². The highest BCUT2D eigenvalue weighted by atomic mass is 32.1. The van der Waals surface area contributed by atoms with Gasteiger partial charge in [0.2, 0.25) is 0 Å². The molecule has 0 aliphatic carbocycles. The number of nitrogens with zero attached hydrogens (tertiary/aromatic N) is 3. The van der Waals surface area contributed by atoms with Gasteiger partial charge in [-0.2, -0.15) is 0 Å². The van der Waals surface area contributed by atoms with Gasteiger partial charge in [-0.15, -0.1) is 11.3 Å². The van der Waals surface area contributed by atoms with Gasteiger partial charge in [0.1, 0.15) is 0 Å². The van der Waals surface area contributed by atoms with Crippen LogP contribution in [0.15, 0.2) is 22.5 Å². The topological polar surface area (TPSA) is 30.9 Å². The first-order chi connectivity index (χ1) is 12.1. The van der Waals surface area contributed by atoms with Gasteiger partial charge in [-0.3, -0.25) is 9.89 Å². The van der Waals surface area contributed by atoms with E-state index in [-0.39, 0.29) is 0 Å². The molecule has 0 saturated carbocycles. The highest BCUT2D eigenvalue weighted by molar-refractivity contribution is 7.09. The summed E-state index contributed by atoms with van der Waals surface area (Å²) < 4.78 is 0. The zero-order valence-corrected chi connectivity index (χ0v) is 16.9. The Morgan fingerprint density at radius 3 is 2.72 bits per heavy atom. The van der Waals surface area contributed by atoms with Crippen molar-refractivity contribution in [1.29, 1.82) is 0 Å². The van der Waals surface area contributed by atoms with E-state index in [1.54, 1.807) is 0 Å². The summed E-state index contributed by atoms with van der Waals surface area (Å²) in [5, 5.41) is 5.69. The second-order valence-corrected chi connectivity index (χ2v) is 9.36. The van der Waals surface area contributed by atoms with Gasteiger partial charge in [0.25, 0.3) is 0 Å². The van der Waals surface area contributed by atoms with Crippen LogP contribution < -0.4 is 5.32 Å². The lowest BCUT2D eigenvalue weighted by atomic mass is 9.93. The van der Waals surface area contributed by atoms with E-state index in [2.05, 4.69) is 53.4 Å². The molecule has 2 fully saturated rings. The van der Waals surface area contributed by atoms with Crippen LogP contribution in [0.25, 0.3) is 0 Å². The van der Waals surface area contributed by atoms with E-state index < -0.39 is 0 Å². The Bertz CT molecular complexity index is 544. The first kappa shape index (κ1) is 18.7. The van der Waals surface area contributed by atoms with Gasteiger partial charge in [0.05, 0.1) is 0 Å². The van der Waals surface area contributed by atoms with Crippen molar-refractivity contribution in [2.24, 2.45) is 16.3 Å². The Balaban J connectivity index is 1.47. The predicted molar refractivity (Wildman–Crippen MR) is 108 cm³/mol. The van der Waals surface area contributed by atoms with Crippen LogP contribution in [0.3, 0.4) is 0 Å². The molecule has 0 amide bonds. The Kier molecular flexibility index (Phi) is 6.39. The standard InChI is InChI=1S/C20H34N4S/c1-4-21-19(24-12-9-20(2,3)16-24)22-14-17-7-10-23(11-8-17)15-18-6-5-13-25-18/h5-6,13,17H,4,7-12,14-16H2,1-3H3,(H,21,22). The number of thiophene rings is 1. The maximum atomic E-state index is 5.00. The quantitative estimate of drug-likeness (QED) is 0.641. The lowest BCUT2D eigenvalue weighted by Gasteiger charge is -2.31. The molecule has 0 bridgehead atoms. The van der Waals surface area contributed by atoms with Gasteiger partial charge in [0, 0.05) is 37.6 Å². The van der Waals surface area contributed by atoms with Crippen molar-refractivity contribution in [2.75, 3.05) is 39.3 Å². The Hall–Kier alpha value is -1.07. The minimum Gasteiger partial charge on any atom is -0.357 e. The highest BCUT2D eigenvalue weighted by Crippen LogP contribution is 2.29. The van der Waals surface area contributed by atoms with Gasteiger partial charge in [-0.05, 0) is 62.1 Å². The van der Waals surface area contributed by atoms with Gasteiger partial charge >= 0.3 is 0 Å². The van der Waals surface area contributed by atoms with Crippen molar-refractivity contribution in [2.45, 2.75) is 46.6 Å². The monoisotopic (exact) mass is 362 g/mol. The first-order valence-corrected chi connectivity index (χ1v) is 10.7. The zero-order chi connectivity index (χ0) is 17.7. The third kappa shape index (κ3) is 5.45. The third-order valence-corrected chi connectivity index (χ3v) is 6.34. The summed E-state index contributed by atoms with van der Waals surface area (Å²) in [6.07, 6.45) is 3.82. The fourth-order valence-electron chi connectivity index (χ4n) is 3.88. The fraction of sp³-hybridized carbons (Fsp3) is 0.750. The van der Waals surface area contributed by atoms with Crippen LogP contribution in [0.4, 0.5) is 0 Å². The van der Waals surface area contributed by atoms with Gasteiger partial charge < -0.3 is 10.2 Å². The summed E-state index contributed by atoms with van der Waals surface area (Å²) in [6, 6.07) is 4.41. The second-order valence-electron chi connectivity index (χ2n) is 8.33. The second kappa shape index (κ2) is 8.54. The normalized spacial score (nSPS) is 22.5. The van der Waals surface area contributed by atoms with Crippen molar-refractivity contribution >= 4 is 17.3 Å². The van der Waals surface area contributed by atoms with E-state index in [4.69, 9.17) is 4.99 Å². The molecule has 5 heteroatoms. The van der Waals surface area contributed by atoms with Crippen LogP contribution >= 0.6 is 11.3 Å². The molecule has 0 atom stereocenters. The fourth-order valence-corrected chi connectivity index (χ4v) is 4.63. The minimum absolute atomic E-state index is 0.420. The third-order valence-electron chi connectivity index (χ3n) is 5.48. The average molecular weight is 363 g/mol. The maximum Gasteiger partial charge on any atom is 0.193 e. The van der Waals surface area contributed by atoms with Crippen molar-refractivity contribution in [1.82, 2.24) is 15.1 Å². The van der Waals surface area contributed by atoms with Crippen LogP contribution in [0.2, 0.25) is 0 Å². The van der Waals surface area contributed by atoms with E-state index >= 15 is 0 Å². The number of aliphatic imine (C=N–C) groups is 1. The summed E-state index contributed by atoms with van der Waals surface area (Å²) >= 11 is 1.87. The van der Waals surface area contributed by atoms with Gasteiger partial charge in [-0.1, -0.05) is 19.9 Å². The van der Waals surface area contributed by atoms with Crippen LogP contribution in [-0.2, 0) is 6.54 Å². The zero-order valence-electron chi connectivity index (χ0n) is 16.1. The Morgan fingerprint density at radius 2 is 2.12 bits per heavy atom. The molecule has 0 spiro atoms. The molecular formula is C20H34N4S. The SMILES string of the molecule is CCNC(=NCC1CCN(Cc2cccs2)CC1)N1CCC(C)(C)C1. The summed E-state index contributed by atoms with van der Waals surface area (Å²) in [5.41, 5.74) is 0.420. The molecule has 4 nitrogen and oxygen atoms in total. The molecule has 140 valence electrons. The predicted octanol–water partition coefficient (Wildman–Crippen LogP) is 3.66. The average Bonchev–Trinajstić information content (AvgIpc) is 3.22. The van der Waals surface area contributed by atoms with Crippen molar-refractivity contribution in [3.05, 3.63) is 22.4 Å². The molecule has 2 saturated heterocycles. The molecule has 3 heterocycles. The van der Waals surface area contributed by atoms with Crippen molar-refractivity contribution < 1.29 is 0 Å². The highest BCUT2D eigenvalue weighted by Gasteiger charge is 2.31. The number of hydrogen-bond acceptors (Lipinski definition) is 3. The smallest absolute Gasteiger partial charge is 0.193 e. The summed E-state index contributed by atoms with van der Waals surface area (Å²) in [6.45, 7) is 14.6. The summed E-state index contributed by atoms with van der Waals surface area (Å²) in [5.74, 6) is 1.87. The number of likely N-dealkylation sites (tertiary alicyclic amines) is 2. The Morgan fingerprint density at radius 1 is 1.32 bits per heavy atom. The summed E-state index contributed by atoms with van der Waals surface area (Å²) in [7, 11) is 0. The first-order valence-electron chi connectivity index (χ1n) is 9.84. The number of piperidine rings is 1. The minimum atomic E-state index is 0.420. The molecule has 2 aliphatic heterocycles. The van der Waals surface area contributed by atoms with E-state index in [0.717, 1.165) is 44.6 Å². The number of guanidine groups is 1. The molecule has 1 N–H and O–H groups in total. The van der Waals surface area contributed by atoms with E-state index in [0.29, 0.717) is 5.41 Å². The number of rotatable bonds is 5. The molecule has 25 heavy (non-hydrogen) atoms. The van der Waals surface area contributed by atoms with Crippen LogP contribution in [-0.4, -0.2) is 55.0 Å². The molecular weight excluding hydrogens is 328 g/mol. The van der Waals surface area contributed by atoms with E-state index in [1.165, 1.54) is 37.2 Å². The van der Waals surface area contributed by atoms with Crippen molar-refractivity contribution in [3.63, 3.8) is 0 Å². The molecule has 1 aromatic heterocycles. The molecule has 2 aliphatic rings.